The summed E-state index contributed by atoms with van der Waals surface area (Å²) in [5.74, 6) is -0.280. The van der Waals surface area contributed by atoms with E-state index in [9.17, 15) is 9.18 Å². The summed E-state index contributed by atoms with van der Waals surface area (Å²) in [6.07, 6.45) is 3.81. The number of carbonyl (C=O) groups is 1. The third kappa shape index (κ3) is 2.95. The van der Waals surface area contributed by atoms with E-state index in [1.54, 1.807) is 6.07 Å². The standard InChI is InChI=1S/C15H21FN2O/c1-11(12-5-4-6-13(16)9-12)18-14(19)15(10-17)7-2-3-8-15/h4-6,9,11H,2-3,7-8,10,17H2,1H3,(H,18,19). The first kappa shape index (κ1) is 14.0. The Morgan fingerprint density at radius 2 is 2.16 bits per heavy atom. The predicted molar refractivity (Wildman–Crippen MR) is 72.9 cm³/mol. The third-order valence-electron chi connectivity index (χ3n) is 4.13. The van der Waals surface area contributed by atoms with Crippen molar-refractivity contribution < 1.29 is 9.18 Å². The average molecular weight is 264 g/mol. The second-order valence-electron chi connectivity index (χ2n) is 5.44. The van der Waals surface area contributed by atoms with Gasteiger partial charge < -0.3 is 11.1 Å². The van der Waals surface area contributed by atoms with Crippen LogP contribution >= 0.6 is 0 Å². The molecule has 0 spiro atoms. The van der Waals surface area contributed by atoms with Crippen molar-refractivity contribution in [3.05, 3.63) is 35.6 Å². The van der Waals surface area contributed by atoms with Crippen LogP contribution in [0.2, 0.25) is 0 Å². The molecule has 2 rings (SSSR count). The highest BCUT2D eigenvalue weighted by Crippen LogP contribution is 2.37. The minimum absolute atomic E-state index is 0.00395. The maximum atomic E-state index is 13.2. The van der Waals surface area contributed by atoms with E-state index >= 15 is 0 Å². The van der Waals surface area contributed by atoms with Crippen LogP contribution in [0.1, 0.15) is 44.2 Å². The zero-order chi connectivity index (χ0) is 13.9. The maximum Gasteiger partial charge on any atom is 0.227 e. The molecule has 0 aliphatic heterocycles. The van der Waals surface area contributed by atoms with Gasteiger partial charge in [-0.3, -0.25) is 4.79 Å². The predicted octanol–water partition coefficient (Wildman–Crippen LogP) is 2.52. The van der Waals surface area contributed by atoms with Crippen LogP contribution in [0.25, 0.3) is 0 Å². The van der Waals surface area contributed by atoms with E-state index in [4.69, 9.17) is 5.73 Å². The second kappa shape index (κ2) is 5.70. The molecule has 1 aliphatic rings. The van der Waals surface area contributed by atoms with Gasteiger partial charge in [0.25, 0.3) is 0 Å². The SMILES string of the molecule is CC(NC(=O)C1(CN)CCCC1)c1cccc(F)c1. The van der Waals surface area contributed by atoms with Crippen molar-refractivity contribution in [2.24, 2.45) is 11.1 Å². The Hall–Kier alpha value is -1.42. The molecule has 0 aromatic heterocycles. The van der Waals surface area contributed by atoms with Gasteiger partial charge in [-0.1, -0.05) is 25.0 Å². The van der Waals surface area contributed by atoms with Gasteiger partial charge in [0.2, 0.25) is 5.91 Å². The quantitative estimate of drug-likeness (QED) is 0.878. The Morgan fingerprint density at radius 1 is 1.47 bits per heavy atom. The Morgan fingerprint density at radius 3 is 2.74 bits per heavy atom. The van der Waals surface area contributed by atoms with E-state index in [-0.39, 0.29) is 17.8 Å². The van der Waals surface area contributed by atoms with E-state index in [2.05, 4.69) is 5.32 Å². The molecular weight excluding hydrogens is 243 g/mol. The summed E-state index contributed by atoms with van der Waals surface area (Å²) in [4.78, 5) is 12.4. The summed E-state index contributed by atoms with van der Waals surface area (Å²) in [6.45, 7) is 2.25. The summed E-state index contributed by atoms with van der Waals surface area (Å²) >= 11 is 0. The van der Waals surface area contributed by atoms with E-state index in [0.29, 0.717) is 6.54 Å². The van der Waals surface area contributed by atoms with Crippen LogP contribution in [0.15, 0.2) is 24.3 Å². The maximum absolute atomic E-state index is 13.2. The van der Waals surface area contributed by atoms with Crippen LogP contribution in [-0.4, -0.2) is 12.5 Å². The summed E-state index contributed by atoms with van der Waals surface area (Å²) in [6, 6.07) is 6.12. The van der Waals surface area contributed by atoms with Gasteiger partial charge in [-0.05, 0) is 37.5 Å². The van der Waals surface area contributed by atoms with Gasteiger partial charge in [-0.2, -0.15) is 0 Å². The van der Waals surface area contributed by atoms with Gasteiger partial charge in [-0.15, -0.1) is 0 Å². The highest BCUT2D eigenvalue weighted by atomic mass is 19.1. The number of nitrogens with two attached hydrogens (primary N) is 1. The molecule has 1 fully saturated rings. The van der Waals surface area contributed by atoms with Crippen LogP contribution in [0, 0.1) is 11.2 Å². The average Bonchev–Trinajstić information content (AvgIpc) is 2.88. The summed E-state index contributed by atoms with van der Waals surface area (Å²) in [7, 11) is 0. The van der Waals surface area contributed by atoms with E-state index in [1.165, 1.54) is 12.1 Å². The topological polar surface area (TPSA) is 55.1 Å². The van der Waals surface area contributed by atoms with Crippen molar-refractivity contribution in [1.29, 1.82) is 0 Å². The Bertz CT molecular complexity index is 455. The molecule has 104 valence electrons. The highest BCUT2D eigenvalue weighted by Gasteiger charge is 2.40. The number of nitrogens with one attached hydrogen (secondary N) is 1. The lowest BCUT2D eigenvalue weighted by Crippen LogP contribution is -2.44. The number of halogens is 1. The van der Waals surface area contributed by atoms with Crippen molar-refractivity contribution in [1.82, 2.24) is 5.32 Å². The number of amides is 1. The molecule has 0 bridgehead atoms. The number of benzene rings is 1. The van der Waals surface area contributed by atoms with Crippen molar-refractivity contribution >= 4 is 5.91 Å². The van der Waals surface area contributed by atoms with Gasteiger partial charge in [0.05, 0.1) is 11.5 Å². The Balaban J connectivity index is 2.06. The molecule has 3 N–H and O–H groups in total. The fourth-order valence-electron chi connectivity index (χ4n) is 2.78. The molecule has 1 amide bonds. The second-order valence-corrected chi connectivity index (χ2v) is 5.44. The van der Waals surface area contributed by atoms with Crippen LogP contribution < -0.4 is 11.1 Å². The Kier molecular flexibility index (Phi) is 4.20. The minimum Gasteiger partial charge on any atom is -0.349 e. The van der Waals surface area contributed by atoms with Gasteiger partial charge in [-0.25, -0.2) is 4.39 Å². The lowest BCUT2D eigenvalue weighted by atomic mass is 9.85. The fraction of sp³-hybridized carbons (Fsp3) is 0.533. The molecule has 0 heterocycles. The van der Waals surface area contributed by atoms with Gasteiger partial charge in [0.15, 0.2) is 0 Å². The number of hydrogen-bond donors (Lipinski definition) is 2. The van der Waals surface area contributed by atoms with E-state index in [0.717, 1.165) is 31.2 Å². The smallest absolute Gasteiger partial charge is 0.227 e. The van der Waals surface area contributed by atoms with Crippen molar-refractivity contribution in [3.63, 3.8) is 0 Å². The molecule has 1 aliphatic carbocycles. The number of carbonyl (C=O) groups excluding carboxylic acids is 1. The molecule has 1 aromatic carbocycles. The zero-order valence-electron chi connectivity index (χ0n) is 11.3. The molecule has 0 radical (unpaired) electrons. The molecule has 1 aromatic rings. The molecule has 3 nitrogen and oxygen atoms in total. The van der Waals surface area contributed by atoms with Gasteiger partial charge in [0.1, 0.15) is 5.82 Å². The Labute approximate surface area is 113 Å². The number of rotatable bonds is 4. The first-order valence-electron chi connectivity index (χ1n) is 6.84. The minimum atomic E-state index is -0.415. The van der Waals surface area contributed by atoms with Gasteiger partial charge >= 0.3 is 0 Å². The molecule has 4 heteroatoms. The molecule has 19 heavy (non-hydrogen) atoms. The summed E-state index contributed by atoms with van der Waals surface area (Å²) in [5, 5.41) is 2.97. The first-order chi connectivity index (χ1) is 9.07. The van der Waals surface area contributed by atoms with Crippen molar-refractivity contribution in [2.75, 3.05) is 6.54 Å². The highest BCUT2D eigenvalue weighted by molar-refractivity contribution is 5.83. The summed E-state index contributed by atoms with van der Waals surface area (Å²) < 4.78 is 13.2. The van der Waals surface area contributed by atoms with E-state index < -0.39 is 5.41 Å². The monoisotopic (exact) mass is 264 g/mol. The fourth-order valence-corrected chi connectivity index (χ4v) is 2.78. The van der Waals surface area contributed by atoms with E-state index in [1.807, 2.05) is 13.0 Å². The van der Waals surface area contributed by atoms with Gasteiger partial charge in [0, 0.05) is 6.54 Å². The lowest BCUT2D eigenvalue weighted by Gasteiger charge is -2.28. The van der Waals surface area contributed by atoms with Crippen LogP contribution in [-0.2, 0) is 4.79 Å². The summed E-state index contributed by atoms with van der Waals surface area (Å²) in [5.41, 5.74) is 6.15. The molecule has 0 saturated heterocycles. The molecular formula is C15H21FN2O. The van der Waals surface area contributed by atoms with Crippen molar-refractivity contribution in [2.45, 2.75) is 38.6 Å². The molecule has 1 atom stereocenters. The normalized spacial score (nSPS) is 19.1. The molecule has 1 unspecified atom stereocenters. The number of hydrogen-bond acceptors (Lipinski definition) is 2. The third-order valence-corrected chi connectivity index (χ3v) is 4.13. The molecule has 1 saturated carbocycles. The van der Waals surface area contributed by atoms with Crippen LogP contribution in [0.4, 0.5) is 4.39 Å². The largest absolute Gasteiger partial charge is 0.349 e. The first-order valence-corrected chi connectivity index (χ1v) is 6.84. The van der Waals surface area contributed by atoms with Crippen molar-refractivity contribution in [3.8, 4) is 0 Å². The zero-order valence-corrected chi connectivity index (χ0v) is 11.3. The van der Waals surface area contributed by atoms with Crippen LogP contribution in [0.3, 0.4) is 0 Å². The van der Waals surface area contributed by atoms with Crippen LogP contribution in [0.5, 0.6) is 0 Å². The lowest BCUT2D eigenvalue weighted by molar-refractivity contribution is -0.131.